The van der Waals surface area contributed by atoms with Gasteiger partial charge in [-0.3, -0.25) is 14.7 Å². The first-order valence-corrected chi connectivity index (χ1v) is 31.6. The lowest BCUT2D eigenvalue weighted by Gasteiger charge is -2.26. The lowest BCUT2D eigenvalue weighted by molar-refractivity contribution is 0.108. The monoisotopic (exact) mass is 1380 g/mol. The first kappa shape index (κ1) is 71.0. The third kappa shape index (κ3) is 17.4. The number of furan rings is 2. The molecule has 0 spiro atoms. The summed E-state index contributed by atoms with van der Waals surface area (Å²) in [5.74, 6) is 2.25. The molecular formula is C85H62BrF7N4O2. The fourth-order valence-electron chi connectivity index (χ4n) is 11.4. The molecule has 16 rings (SSSR count). The second-order valence-corrected chi connectivity index (χ2v) is 22.7. The Morgan fingerprint density at radius 2 is 0.636 bits per heavy atom. The van der Waals surface area contributed by atoms with Gasteiger partial charge in [-0.05, 0) is 149 Å². The Balaban J connectivity index is 0.000000181. The Kier molecular flexibility index (Phi) is 25.8. The van der Waals surface area contributed by atoms with E-state index in [1.807, 2.05) is 103 Å². The van der Waals surface area contributed by atoms with Crippen LogP contribution >= 0.6 is 15.9 Å². The van der Waals surface area contributed by atoms with Crippen LogP contribution in [0.1, 0.15) is 6.92 Å². The van der Waals surface area contributed by atoms with Gasteiger partial charge in [0, 0.05) is 117 Å². The number of nitrogens with zero attached hydrogens (tertiary/aromatic N) is 3. The van der Waals surface area contributed by atoms with Crippen molar-refractivity contribution in [1.82, 2.24) is 9.97 Å². The molecule has 1 N–H and O–H groups in total. The van der Waals surface area contributed by atoms with Crippen molar-refractivity contribution in [2.24, 2.45) is 0 Å². The number of anilines is 5. The molecule has 0 bridgehead atoms. The van der Waals surface area contributed by atoms with Crippen molar-refractivity contribution in [3.05, 3.63) is 344 Å². The van der Waals surface area contributed by atoms with Gasteiger partial charge in [-0.15, -0.1) is 12.3 Å². The van der Waals surface area contributed by atoms with Crippen LogP contribution in [-0.2, 0) is 0 Å². The van der Waals surface area contributed by atoms with Gasteiger partial charge in [0.2, 0.25) is 0 Å². The average Bonchev–Trinajstić information content (AvgIpc) is 1.61. The molecule has 0 aliphatic carbocycles. The van der Waals surface area contributed by atoms with Crippen LogP contribution in [-0.4, -0.2) is 9.97 Å². The van der Waals surface area contributed by atoms with E-state index in [0.29, 0.717) is 0 Å². The van der Waals surface area contributed by atoms with Gasteiger partial charge in [-0.2, -0.15) is 0 Å². The smallest absolute Gasteiger partial charge is 0.143 e. The number of hydrogen-bond donors (Lipinski definition) is 1. The Hall–Kier alpha value is -12.3. The number of hydrogen-bond acceptors (Lipinski definition) is 6. The van der Waals surface area contributed by atoms with Crippen LogP contribution in [0.25, 0.3) is 111 Å². The highest BCUT2D eigenvalue weighted by molar-refractivity contribution is 9.10. The van der Waals surface area contributed by atoms with Gasteiger partial charge in [0.1, 0.15) is 22.3 Å². The zero-order chi connectivity index (χ0) is 68.4. The van der Waals surface area contributed by atoms with Gasteiger partial charge in [0.15, 0.2) is 0 Å². The maximum Gasteiger partial charge on any atom is 0.143 e. The summed E-state index contributed by atoms with van der Waals surface area (Å²) in [6.07, 6.45) is 8.23. The van der Waals surface area contributed by atoms with E-state index in [0.717, 1.165) is 122 Å². The molecule has 0 saturated carbocycles. The van der Waals surface area contributed by atoms with E-state index in [1.54, 1.807) is 13.1 Å². The third-order valence-corrected chi connectivity index (χ3v) is 16.4. The topological polar surface area (TPSA) is 67.3 Å². The standard InChI is InChI=1S/C41H28N2O.C30H21NO.C11H8BrN.C3H4.3F2.FH/c1-2-9-29(10-3-1)30-16-22-33(23-17-30)43(35-26-20-32(21-27-35)39-14-6-7-28-42-39)34-24-18-31(19-25-34)36-12-8-13-38-37-11-4-5-15-40(37)44-41(36)38;1-2-7-21(8-3-1)22-13-17-24(18-14-22)31-25-19-15-23(16-20-25)26-10-6-11-28-27-9-4-5-12-29(27)32-30(26)28;12-10-6-4-9(5-7-10)11-3-1-2-8-13-11;1-3-2;3*1-2;/h1-28H;1-20,31H;1-8H;1H,2H3;;;;1H. The molecule has 12 aromatic carbocycles. The second kappa shape index (κ2) is 36.0. The van der Waals surface area contributed by atoms with Crippen molar-refractivity contribution in [1.29, 1.82) is 0 Å². The van der Waals surface area contributed by atoms with Crippen molar-refractivity contribution < 1.29 is 41.0 Å². The molecule has 14 heteroatoms. The molecule has 0 amide bonds. The van der Waals surface area contributed by atoms with Crippen molar-refractivity contribution in [3.63, 3.8) is 0 Å². The number of para-hydroxylation sites is 4. The Morgan fingerprint density at radius 3 is 1.02 bits per heavy atom. The summed E-state index contributed by atoms with van der Waals surface area (Å²) in [5, 5.41) is 8.08. The van der Waals surface area contributed by atoms with E-state index in [1.165, 1.54) is 22.3 Å². The Morgan fingerprint density at radius 1 is 0.333 bits per heavy atom. The molecule has 0 unspecified atom stereocenters. The summed E-state index contributed by atoms with van der Waals surface area (Å²) in [5.41, 5.74) is 22.5. The number of rotatable bonds is 11. The zero-order valence-corrected chi connectivity index (χ0v) is 54.7. The van der Waals surface area contributed by atoms with Crippen LogP contribution in [0.5, 0.6) is 0 Å². The molecule has 0 atom stereocenters. The van der Waals surface area contributed by atoms with E-state index >= 15 is 0 Å². The number of aromatic nitrogens is 2. The number of pyridine rings is 2. The highest BCUT2D eigenvalue weighted by Gasteiger charge is 2.17. The maximum atomic E-state index is 8.00. The van der Waals surface area contributed by atoms with Crippen molar-refractivity contribution in [3.8, 4) is 79.4 Å². The maximum absolute atomic E-state index is 8.00. The molecule has 16 aromatic rings. The molecule has 0 radical (unpaired) electrons. The lowest BCUT2D eigenvalue weighted by Crippen LogP contribution is -2.09. The summed E-state index contributed by atoms with van der Waals surface area (Å²) in [7, 11) is 0. The van der Waals surface area contributed by atoms with E-state index in [-0.39, 0.29) is 4.70 Å². The Bertz CT molecular complexity index is 5040. The van der Waals surface area contributed by atoms with E-state index in [9.17, 15) is 0 Å². The molecule has 0 aliphatic heterocycles. The van der Waals surface area contributed by atoms with Gasteiger partial charge in [0.25, 0.3) is 0 Å². The van der Waals surface area contributed by atoms with E-state index in [4.69, 9.17) is 36.3 Å². The minimum Gasteiger partial charge on any atom is -0.455 e. The van der Waals surface area contributed by atoms with Gasteiger partial charge >= 0.3 is 0 Å². The highest BCUT2D eigenvalue weighted by Crippen LogP contribution is 2.41. The van der Waals surface area contributed by atoms with Crippen LogP contribution in [0.15, 0.2) is 353 Å². The first-order chi connectivity index (χ1) is 48.4. The molecule has 490 valence electrons. The summed E-state index contributed by atoms with van der Waals surface area (Å²) in [6.45, 7) is 1.65. The van der Waals surface area contributed by atoms with Crippen molar-refractivity contribution in [2.75, 3.05) is 10.2 Å². The molecule has 0 saturated heterocycles. The summed E-state index contributed by atoms with van der Waals surface area (Å²) < 4.78 is 61.6. The number of halogens is 8. The van der Waals surface area contributed by atoms with E-state index < -0.39 is 0 Å². The number of fused-ring (bicyclic) bond motifs is 6. The minimum atomic E-state index is 0. The normalized spacial score (nSPS) is 10.1. The SMILES string of the molecule is Brc1ccc(-c2ccccn2)cc1.C#CC.F.FF.FF.FF.c1ccc(-c2ccc(N(c3ccc(-c4ccccn4)cc3)c3ccc(-c4cccc5c4oc4ccccc45)cc3)cc2)cc1.c1ccc(-c2ccc(Nc3ccc(-c4cccc5c4oc4ccccc45)cc3)cc2)cc1. The average molecular weight is 1380 g/mol. The zero-order valence-electron chi connectivity index (χ0n) is 53.1. The van der Waals surface area contributed by atoms with Crippen LogP contribution in [0.3, 0.4) is 0 Å². The van der Waals surface area contributed by atoms with Crippen LogP contribution in [0.4, 0.5) is 60.6 Å². The lowest BCUT2D eigenvalue weighted by atomic mass is 10.0. The first-order valence-electron chi connectivity index (χ1n) is 30.8. The van der Waals surface area contributed by atoms with Gasteiger partial charge in [0.05, 0.1) is 11.4 Å². The summed E-state index contributed by atoms with van der Waals surface area (Å²) >= 11 is 3.40. The quantitative estimate of drug-likeness (QED) is 0.103. The molecule has 4 heterocycles. The molecule has 6 nitrogen and oxygen atoms in total. The van der Waals surface area contributed by atoms with Crippen molar-refractivity contribution in [2.45, 2.75) is 6.92 Å². The highest BCUT2D eigenvalue weighted by atomic mass is 79.9. The predicted molar refractivity (Wildman–Crippen MR) is 398 cm³/mol. The number of terminal acetylenes is 1. The molecule has 0 aliphatic rings. The van der Waals surface area contributed by atoms with Gasteiger partial charge in [-0.1, -0.05) is 234 Å². The Labute approximate surface area is 576 Å². The van der Waals surface area contributed by atoms with Gasteiger partial charge < -0.3 is 19.1 Å². The summed E-state index contributed by atoms with van der Waals surface area (Å²) in [4.78, 5) is 11.1. The molecule has 0 fully saturated rings. The third-order valence-electron chi connectivity index (χ3n) is 15.8. The second-order valence-electron chi connectivity index (χ2n) is 21.8. The fourth-order valence-corrected chi connectivity index (χ4v) is 11.6. The van der Waals surface area contributed by atoms with Crippen LogP contribution < -0.4 is 10.2 Å². The summed E-state index contributed by atoms with van der Waals surface area (Å²) in [6, 6.07) is 113. The van der Waals surface area contributed by atoms with Crippen molar-refractivity contribution >= 4 is 88.2 Å². The van der Waals surface area contributed by atoms with E-state index in [2.05, 4.69) is 279 Å². The van der Waals surface area contributed by atoms with Crippen LogP contribution in [0.2, 0.25) is 0 Å². The molecule has 4 aromatic heterocycles. The fraction of sp³-hybridized carbons (Fsp3) is 0.0118. The molecular weight excluding hydrogens is 1320 g/mol. The minimum absolute atomic E-state index is 0. The van der Waals surface area contributed by atoms with Gasteiger partial charge in [-0.25, -0.2) is 0 Å². The van der Waals surface area contributed by atoms with Crippen LogP contribution in [0, 0.1) is 12.3 Å². The largest absolute Gasteiger partial charge is 0.455 e. The number of nitrogens with one attached hydrogen (secondary N) is 1. The number of benzene rings is 12. The molecule has 99 heavy (non-hydrogen) atoms. The predicted octanol–water partition coefficient (Wildman–Crippen LogP) is 26.9.